The number of guanidine groups is 1. The molecule has 0 saturated carbocycles. The molecule has 0 radical (unpaired) electrons. The Balaban J connectivity index is 1.24. The summed E-state index contributed by atoms with van der Waals surface area (Å²) in [5.41, 5.74) is 3.68. The van der Waals surface area contributed by atoms with E-state index in [0.717, 1.165) is 32.1 Å². The van der Waals surface area contributed by atoms with Gasteiger partial charge in [0, 0.05) is 44.0 Å². The molecule has 4 aliphatic heterocycles. The van der Waals surface area contributed by atoms with Gasteiger partial charge in [-0.25, -0.2) is 13.4 Å². The van der Waals surface area contributed by atoms with E-state index in [-0.39, 0.29) is 46.9 Å². The number of sulfonamides is 1. The molecule has 4 aliphatic rings. The first kappa shape index (κ1) is 28.1. The molecule has 1 aromatic carbocycles. The Hall–Kier alpha value is -3.05. The van der Waals surface area contributed by atoms with Crippen molar-refractivity contribution < 1.29 is 35.8 Å². The number of ether oxygens (including phenoxy) is 3. The number of morpholine rings is 1. The van der Waals surface area contributed by atoms with Crippen LogP contribution < -0.4 is 25.8 Å². The highest BCUT2D eigenvalue weighted by molar-refractivity contribution is 7.89. The van der Waals surface area contributed by atoms with Gasteiger partial charge in [0.2, 0.25) is 16.0 Å². The molecule has 1 atom stereocenters. The van der Waals surface area contributed by atoms with Gasteiger partial charge in [-0.2, -0.15) is 17.5 Å². The van der Waals surface area contributed by atoms with Gasteiger partial charge in [-0.05, 0) is 31.9 Å². The molecular formula is C25H32F3N7O5S. The summed E-state index contributed by atoms with van der Waals surface area (Å²) < 4.78 is 86.5. The van der Waals surface area contributed by atoms with Crippen LogP contribution in [0.1, 0.15) is 30.9 Å². The summed E-state index contributed by atoms with van der Waals surface area (Å²) in [5.74, 6) is 0.334. The van der Waals surface area contributed by atoms with Crippen LogP contribution in [0.2, 0.25) is 0 Å². The SMILES string of the molecule is CC1(N)N=C(Nc2ccc(S(=O)(=O)N3CCC(N4CCOCC4)CC3)c3c2OCCO3)Nc2[nH]cc(C(F)(F)F)c21. The average molecular weight is 600 g/mol. The Kier molecular flexibility index (Phi) is 7.09. The number of hydrogen-bond acceptors (Lipinski definition) is 10. The second-order valence-electron chi connectivity index (χ2n) is 10.6. The summed E-state index contributed by atoms with van der Waals surface area (Å²) in [6.45, 7) is 5.55. The van der Waals surface area contributed by atoms with Crippen molar-refractivity contribution in [2.45, 2.75) is 42.5 Å². The number of alkyl halides is 3. The number of aliphatic imine (C=N–C) groups is 1. The van der Waals surface area contributed by atoms with E-state index in [0.29, 0.717) is 38.0 Å². The largest absolute Gasteiger partial charge is 0.485 e. The highest BCUT2D eigenvalue weighted by Crippen LogP contribution is 2.45. The fraction of sp³-hybridized carbons (Fsp3) is 0.560. The van der Waals surface area contributed by atoms with Gasteiger partial charge >= 0.3 is 6.18 Å². The van der Waals surface area contributed by atoms with Crippen LogP contribution in [-0.2, 0) is 26.6 Å². The van der Waals surface area contributed by atoms with E-state index in [1.54, 1.807) is 0 Å². The molecule has 2 aromatic rings. The van der Waals surface area contributed by atoms with Crippen LogP contribution in [0.25, 0.3) is 0 Å². The lowest BCUT2D eigenvalue weighted by Gasteiger charge is -2.39. The zero-order chi connectivity index (χ0) is 29.0. The van der Waals surface area contributed by atoms with Gasteiger partial charge in [0.05, 0.1) is 24.5 Å². The maximum absolute atomic E-state index is 13.7. The molecule has 2 fully saturated rings. The van der Waals surface area contributed by atoms with E-state index in [1.807, 2.05) is 0 Å². The van der Waals surface area contributed by atoms with Gasteiger partial charge < -0.3 is 35.6 Å². The van der Waals surface area contributed by atoms with Crippen LogP contribution in [0.15, 0.2) is 28.2 Å². The highest BCUT2D eigenvalue weighted by Gasteiger charge is 2.43. The van der Waals surface area contributed by atoms with Crippen LogP contribution in [0.4, 0.5) is 24.7 Å². The summed E-state index contributed by atoms with van der Waals surface area (Å²) in [4.78, 5) is 9.18. The zero-order valence-corrected chi connectivity index (χ0v) is 23.2. The van der Waals surface area contributed by atoms with Crippen LogP contribution in [0.3, 0.4) is 0 Å². The number of nitrogens with two attached hydrogens (primary N) is 1. The molecule has 5 heterocycles. The fourth-order valence-corrected chi connectivity index (χ4v) is 7.43. The topological polar surface area (TPSA) is 147 Å². The smallest absolute Gasteiger partial charge is 0.418 e. The minimum absolute atomic E-state index is 0.00810. The summed E-state index contributed by atoms with van der Waals surface area (Å²) in [7, 11) is -3.90. The van der Waals surface area contributed by atoms with Gasteiger partial charge in [0.1, 0.15) is 29.6 Å². The Bertz CT molecular complexity index is 1450. The van der Waals surface area contributed by atoms with Crippen molar-refractivity contribution in [3.05, 3.63) is 29.5 Å². The number of piperidine rings is 1. The minimum atomic E-state index is -4.61. The molecule has 41 heavy (non-hydrogen) atoms. The Morgan fingerprint density at radius 3 is 2.44 bits per heavy atom. The van der Waals surface area contributed by atoms with Gasteiger partial charge in [-0.1, -0.05) is 0 Å². The highest BCUT2D eigenvalue weighted by atomic mass is 32.2. The number of benzene rings is 1. The molecule has 224 valence electrons. The molecule has 0 spiro atoms. The zero-order valence-electron chi connectivity index (χ0n) is 22.4. The number of hydrogen-bond donors (Lipinski definition) is 4. The molecule has 1 aromatic heterocycles. The fourth-order valence-electron chi connectivity index (χ4n) is 5.84. The lowest BCUT2D eigenvalue weighted by atomic mass is 9.99. The van der Waals surface area contributed by atoms with E-state index in [1.165, 1.54) is 23.4 Å². The normalized spacial score (nSPS) is 24.4. The number of fused-ring (bicyclic) bond motifs is 2. The lowest BCUT2D eigenvalue weighted by Crippen LogP contribution is -2.50. The molecule has 6 rings (SSSR count). The van der Waals surface area contributed by atoms with Gasteiger partial charge in [-0.3, -0.25) is 4.90 Å². The molecule has 12 nitrogen and oxygen atoms in total. The Morgan fingerprint density at radius 1 is 1.07 bits per heavy atom. The molecule has 2 saturated heterocycles. The van der Waals surface area contributed by atoms with Crippen molar-refractivity contribution in [2.75, 3.05) is 63.2 Å². The number of nitrogens with zero attached hydrogens (tertiary/aromatic N) is 3. The monoisotopic (exact) mass is 599 g/mol. The molecule has 16 heteroatoms. The number of anilines is 2. The minimum Gasteiger partial charge on any atom is -0.485 e. The predicted octanol–water partition coefficient (Wildman–Crippen LogP) is 2.31. The summed E-state index contributed by atoms with van der Waals surface area (Å²) >= 11 is 0. The molecular weight excluding hydrogens is 567 g/mol. The van der Waals surface area contributed by atoms with Crippen molar-refractivity contribution >= 4 is 27.5 Å². The number of halogens is 3. The third kappa shape index (κ3) is 5.22. The van der Waals surface area contributed by atoms with Crippen LogP contribution in [-0.4, -0.2) is 87.2 Å². The molecule has 5 N–H and O–H groups in total. The molecule has 0 amide bonds. The van der Waals surface area contributed by atoms with Crippen LogP contribution in [0, 0.1) is 0 Å². The van der Waals surface area contributed by atoms with Crippen molar-refractivity contribution in [2.24, 2.45) is 10.7 Å². The predicted molar refractivity (Wildman–Crippen MR) is 144 cm³/mol. The quantitative estimate of drug-likeness (QED) is 0.416. The standard InChI is InChI=1S/C25H32F3N7O5S/c1-24(29)19-16(25(26,27)28)14-30-22(19)32-23(33-24)31-17-2-3-18(21-20(17)39-12-13-40-21)41(36,37)35-6-4-15(5-7-35)34-8-10-38-11-9-34/h2-3,14-15,30H,4-13,29H2,1H3,(H2,31,32,33). The van der Waals surface area contributed by atoms with Crippen molar-refractivity contribution in [1.29, 1.82) is 0 Å². The Morgan fingerprint density at radius 2 is 1.76 bits per heavy atom. The van der Waals surface area contributed by atoms with E-state index in [4.69, 9.17) is 19.9 Å². The first-order chi connectivity index (χ1) is 19.4. The van der Waals surface area contributed by atoms with E-state index in [9.17, 15) is 21.6 Å². The number of rotatable bonds is 4. The number of H-pyrrole nitrogens is 1. The first-order valence-electron chi connectivity index (χ1n) is 13.4. The van der Waals surface area contributed by atoms with Crippen LogP contribution >= 0.6 is 0 Å². The summed E-state index contributed by atoms with van der Waals surface area (Å²) in [6.07, 6.45) is -2.34. The number of aromatic nitrogens is 1. The van der Waals surface area contributed by atoms with Crippen LogP contribution in [0.5, 0.6) is 11.5 Å². The summed E-state index contributed by atoms with van der Waals surface area (Å²) in [6, 6.07) is 3.27. The molecule has 0 aliphatic carbocycles. The second-order valence-corrected chi connectivity index (χ2v) is 12.5. The molecule has 1 unspecified atom stereocenters. The maximum atomic E-state index is 13.7. The lowest BCUT2D eigenvalue weighted by molar-refractivity contribution is -0.138. The second kappa shape index (κ2) is 10.3. The average Bonchev–Trinajstić information content (AvgIpc) is 3.40. The van der Waals surface area contributed by atoms with Crippen molar-refractivity contribution in [3.8, 4) is 11.5 Å². The third-order valence-electron chi connectivity index (χ3n) is 7.79. The maximum Gasteiger partial charge on any atom is 0.418 e. The van der Waals surface area contributed by atoms with E-state index in [2.05, 4.69) is 25.5 Å². The third-order valence-corrected chi connectivity index (χ3v) is 9.71. The van der Waals surface area contributed by atoms with E-state index < -0.39 is 27.4 Å². The Labute approximate surface area is 235 Å². The number of nitrogens with one attached hydrogen (secondary N) is 3. The van der Waals surface area contributed by atoms with Crippen molar-refractivity contribution in [1.82, 2.24) is 14.2 Å². The van der Waals surface area contributed by atoms with Gasteiger partial charge in [0.15, 0.2) is 11.5 Å². The number of aromatic amines is 1. The van der Waals surface area contributed by atoms with E-state index >= 15 is 0 Å². The van der Waals surface area contributed by atoms with Crippen molar-refractivity contribution in [3.63, 3.8) is 0 Å². The molecule has 0 bridgehead atoms. The van der Waals surface area contributed by atoms with Gasteiger partial charge in [-0.15, -0.1) is 0 Å². The summed E-state index contributed by atoms with van der Waals surface area (Å²) in [5, 5.41) is 5.78. The van der Waals surface area contributed by atoms with Gasteiger partial charge in [0.25, 0.3) is 0 Å². The first-order valence-corrected chi connectivity index (χ1v) is 14.9.